The van der Waals surface area contributed by atoms with Crippen molar-refractivity contribution in [3.05, 3.63) is 34.3 Å². The normalized spacial score (nSPS) is 22.4. The second kappa shape index (κ2) is 3.59. The molecule has 3 rings (SSSR count). The van der Waals surface area contributed by atoms with Crippen molar-refractivity contribution in [1.82, 2.24) is 0 Å². The third kappa shape index (κ3) is 1.41. The van der Waals surface area contributed by atoms with E-state index in [2.05, 4.69) is 0 Å². The molecule has 0 amide bonds. The van der Waals surface area contributed by atoms with E-state index in [1.165, 1.54) is 18.4 Å². The predicted octanol–water partition coefficient (Wildman–Crippen LogP) is 4.03. The summed E-state index contributed by atoms with van der Waals surface area (Å²) in [6.07, 6.45) is 6.66. The monoisotopic (exact) mass is 234 g/mol. The van der Waals surface area contributed by atoms with Gasteiger partial charge in [0.15, 0.2) is 5.78 Å². The molecule has 1 fully saturated rings. The van der Waals surface area contributed by atoms with Crippen LogP contribution in [0.25, 0.3) is 0 Å². The van der Waals surface area contributed by atoms with Crippen molar-refractivity contribution in [3.8, 4) is 0 Å². The van der Waals surface area contributed by atoms with Gasteiger partial charge in [0.25, 0.3) is 0 Å². The lowest BCUT2D eigenvalue weighted by Gasteiger charge is -2.33. The average Bonchev–Trinajstić information content (AvgIpc) is 2.75. The van der Waals surface area contributed by atoms with Gasteiger partial charge < -0.3 is 0 Å². The van der Waals surface area contributed by atoms with Gasteiger partial charge in [0.1, 0.15) is 0 Å². The molecule has 2 aliphatic carbocycles. The Morgan fingerprint density at radius 2 is 1.88 bits per heavy atom. The van der Waals surface area contributed by atoms with E-state index in [0.29, 0.717) is 10.8 Å². The van der Waals surface area contributed by atoms with Crippen molar-refractivity contribution in [2.24, 2.45) is 5.41 Å². The average molecular weight is 235 g/mol. The van der Waals surface area contributed by atoms with Gasteiger partial charge in [0, 0.05) is 16.0 Å². The Balaban J connectivity index is 2.07. The molecule has 0 aromatic heterocycles. The van der Waals surface area contributed by atoms with Gasteiger partial charge in [0.05, 0.1) is 0 Å². The second-order valence-electron chi connectivity index (χ2n) is 5.12. The first-order valence-corrected chi connectivity index (χ1v) is 6.42. The molecule has 0 radical (unpaired) electrons. The molecule has 0 saturated heterocycles. The highest BCUT2D eigenvalue weighted by molar-refractivity contribution is 6.31. The largest absolute Gasteiger partial charge is 0.294 e. The molecule has 1 spiro atoms. The number of carbonyl (C=O) groups is 1. The van der Waals surface area contributed by atoms with E-state index < -0.39 is 0 Å². The molecule has 0 bridgehead atoms. The lowest BCUT2D eigenvalue weighted by molar-refractivity contribution is 0.0765. The molecule has 2 heteroatoms. The molecule has 1 nitrogen and oxygen atoms in total. The molecule has 0 heterocycles. The van der Waals surface area contributed by atoms with Crippen LogP contribution in [0.3, 0.4) is 0 Å². The summed E-state index contributed by atoms with van der Waals surface area (Å²) in [4.78, 5) is 12.5. The van der Waals surface area contributed by atoms with Crippen LogP contribution >= 0.6 is 11.6 Å². The van der Waals surface area contributed by atoms with Crippen LogP contribution in [-0.4, -0.2) is 5.78 Å². The number of halogens is 1. The molecule has 1 aromatic rings. The Morgan fingerprint density at radius 1 is 1.12 bits per heavy atom. The first-order chi connectivity index (χ1) is 7.71. The number of hydrogen-bond donors (Lipinski definition) is 0. The summed E-state index contributed by atoms with van der Waals surface area (Å²) in [5.74, 6) is 0.355. The summed E-state index contributed by atoms with van der Waals surface area (Å²) in [5, 5.41) is 0.683. The van der Waals surface area contributed by atoms with Crippen LogP contribution in [0.1, 0.15) is 48.0 Å². The molecule has 1 saturated carbocycles. The fraction of sp³-hybridized carbons (Fsp3) is 0.500. The highest BCUT2D eigenvalue weighted by atomic mass is 35.5. The lowest BCUT2D eigenvalue weighted by atomic mass is 9.69. The minimum absolute atomic E-state index is 0.0301. The van der Waals surface area contributed by atoms with Gasteiger partial charge >= 0.3 is 0 Å². The SMILES string of the molecule is O=C1c2cc(Cl)ccc2CCC12CCCC2. The summed E-state index contributed by atoms with van der Waals surface area (Å²) >= 11 is 5.98. The molecular formula is C14H15ClO. The number of aryl methyl sites for hydroxylation is 1. The van der Waals surface area contributed by atoms with Crippen LogP contribution in [0.5, 0.6) is 0 Å². The summed E-state index contributed by atoms with van der Waals surface area (Å²) in [5.41, 5.74) is 2.05. The standard InChI is InChI=1S/C14H15ClO/c15-11-4-3-10-5-8-14(6-1-2-7-14)13(16)12(10)9-11/h3-4,9H,1-2,5-8H2. The lowest BCUT2D eigenvalue weighted by Crippen LogP contribution is -2.33. The van der Waals surface area contributed by atoms with Crippen LogP contribution in [0.15, 0.2) is 18.2 Å². The zero-order chi connectivity index (χ0) is 11.2. The summed E-state index contributed by atoms with van der Waals surface area (Å²) < 4.78 is 0. The number of carbonyl (C=O) groups excluding carboxylic acids is 1. The van der Waals surface area contributed by atoms with Crippen LogP contribution in [0.4, 0.5) is 0 Å². The van der Waals surface area contributed by atoms with Gasteiger partial charge in [-0.1, -0.05) is 30.5 Å². The molecule has 0 N–H and O–H groups in total. The van der Waals surface area contributed by atoms with Crippen LogP contribution in [0.2, 0.25) is 5.02 Å². The molecule has 0 unspecified atom stereocenters. The Hall–Kier alpha value is -0.820. The number of hydrogen-bond acceptors (Lipinski definition) is 1. The van der Waals surface area contributed by atoms with E-state index in [0.717, 1.165) is 31.2 Å². The maximum atomic E-state index is 12.5. The van der Waals surface area contributed by atoms with Crippen molar-refractivity contribution in [2.75, 3.05) is 0 Å². The molecule has 1 aromatic carbocycles. The Labute approximate surface area is 101 Å². The number of benzene rings is 1. The van der Waals surface area contributed by atoms with E-state index in [1.807, 2.05) is 18.2 Å². The predicted molar refractivity (Wildman–Crippen MR) is 65.0 cm³/mol. The van der Waals surface area contributed by atoms with Crippen molar-refractivity contribution in [2.45, 2.75) is 38.5 Å². The van der Waals surface area contributed by atoms with E-state index in [9.17, 15) is 4.79 Å². The Morgan fingerprint density at radius 3 is 2.62 bits per heavy atom. The maximum absolute atomic E-state index is 12.5. The molecule has 2 aliphatic rings. The zero-order valence-corrected chi connectivity index (χ0v) is 10.0. The third-order valence-corrected chi connectivity index (χ3v) is 4.47. The van der Waals surface area contributed by atoms with Crippen molar-refractivity contribution < 1.29 is 4.79 Å². The van der Waals surface area contributed by atoms with Gasteiger partial charge in [-0.05, 0) is 43.4 Å². The summed E-state index contributed by atoms with van der Waals surface area (Å²) in [7, 11) is 0. The second-order valence-corrected chi connectivity index (χ2v) is 5.55. The van der Waals surface area contributed by atoms with E-state index >= 15 is 0 Å². The van der Waals surface area contributed by atoms with Gasteiger partial charge in [-0.2, -0.15) is 0 Å². The Bertz CT molecular complexity index is 444. The fourth-order valence-corrected chi connectivity index (χ4v) is 3.45. The molecule has 0 atom stereocenters. The maximum Gasteiger partial charge on any atom is 0.169 e. The fourth-order valence-electron chi connectivity index (χ4n) is 3.28. The van der Waals surface area contributed by atoms with E-state index in [1.54, 1.807) is 0 Å². The number of fused-ring (bicyclic) bond motifs is 1. The van der Waals surface area contributed by atoms with Gasteiger partial charge in [-0.15, -0.1) is 0 Å². The smallest absolute Gasteiger partial charge is 0.169 e. The summed E-state index contributed by atoms with van der Waals surface area (Å²) in [6, 6.07) is 5.76. The van der Waals surface area contributed by atoms with Crippen LogP contribution in [0, 0.1) is 5.41 Å². The van der Waals surface area contributed by atoms with Gasteiger partial charge in [0.2, 0.25) is 0 Å². The molecule has 0 aliphatic heterocycles. The zero-order valence-electron chi connectivity index (χ0n) is 9.26. The molecule has 84 valence electrons. The van der Waals surface area contributed by atoms with Gasteiger partial charge in [-0.3, -0.25) is 4.79 Å². The van der Waals surface area contributed by atoms with E-state index in [-0.39, 0.29) is 5.41 Å². The van der Waals surface area contributed by atoms with E-state index in [4.69, 9.17) is 11.6 Å². The number of Topliss-reactive ketones (excluding diaryl/α,β-unsaturated/α-hetero) is 1. The van der Waals surface area contributed by atoms with Crippen LogP contribution in [-0.2, 0) is 6.42 Å². The summed E-state index contributed by atoms with van der Waals surface area (Å²) in [6.45, 7) is 0. The quantitative estimate of drug-likeness (QED) is 0.663. The van der Waals surface area contributed by atoms with Crippen LogP contribution < -0.4 is 0 Å². The third-order valence-electron chi connectivity index (χ3n) is 4.23. The first-order valence-electron chi connectivity index (χ1n) is 6.05. The topological polar surface area (TPSA) is 17.1 Å². The first kappa shape index (κ1) is 10.3. The highest BCUT2D eigenvalue weighted by Gasteiger charge is 2.44. The minimum atomic E-state index is -0.0301. The van der Waals surface area contributed by atoms with Crippen molar-refractivity contribution in [3.63, 3.8) is 0 Å². The van der Waals surface area contributed by atoms with Gasteiger partial charge in [-0.25, -0.2) is 0 Å². The number of rotatable bonds is 0. The number of ketones is 1. The molecule has 16 heavy (non-hydrogen) atoms. The van der Waals surface area contributed by atoms with Crippen molar-refractivity contribution in [1.29, 1.82) is 0 Å². The Kier molecular flexibility index (Phi) is 2.32. The van der Waals surface area contributed by atoms with Crippen molar-refractivity contribution >= 4 is 17.4 Å². The molecular weight excluding hydrogens is 220 g/mol. The highest BCUT2D eigenvalue weighted by Crippen LogP contribution is 2.47. The minimum Gasteiger partial charge on any atom is -0.294 e.